The maximum Gasteiger partial charge on any atom is 0.320 e. The first-order chi connectivity index (χ1) is 18.4. The van der Waals surface area contributed by atoms with Crippen molar-refractivity contribution < 1.29 is 14.3 Å². The second-order valence-corrected chi connectivity index (χ2v) is 10.3. The molecule has 2 aliphatic rings. The van der Waals surface area contributed by atoms with E-state index in [1.165, 1.54) is 28.5 Å². The fraction of sp³-hybridized carbons (Fsp3) is 0.357. The molecular weight excluding hydrogens is 487 g/mol. The van der Waals surface area contributed by atoms with Crippen molar-refractivity contribution in [2.24, 2.45) is 0 Å². The molecule has 9 nitrogen and oxygen atoms in total. The molecule has 0 aliphatic carbocycles. The quantitative estimate of drug-likeness (QED) is 0.424. The van der Waals surface area contributed by atoms with E-state index in [1.54, 1.807) is 17.0 Å². The third kappa shape index (κ3) is 4.56. The molecule has 2 aliphatic heterocycles. The van der Waals surface area contributed by atoms with Crippen molar-refractivity contribution in [2.75, 3.05) is 19.6 Å². The lowest BCUT2D eigenvalue weighted by Crippen LogP contribution is -2.59. The second kappa shape index (κ2) is 9.68. The Morgan fingerprint density at radius 2 is 1.82 bits per heavy atom. The van der Waals surface area contributed by atoms with E-state index in [-0.39, 0.29) is 24.2 Å². The number of carbonyl (C=O) groups excluding carboxylic acids is 1. The maximum atomic E-state index is 13.6. The van der Waals surface area contributed by atoms with E-state index in [4.69, 9.17) is 0 Å². The molecule has 38 heavy (non-hydrogen) atoms. The van der Waals surface area contributed by atoms with Gasteiger partial charge in [-0.05, 0) is 55.5 Å². The number of H-pyrrole nitrogens is 1. The van der Waals surface area contributed by atoms with Gasteiger partial charge in [0.05, 0.1) is 18.3 Å². The second-order valence-electron chi connectivity index (χ2n) is 10.3. The number of rotatable bonds is 5. The number of nitrogens with zero attached hydrogens (tertiary/aromatic N) is 5. The van der Waals surface area contributed by atoms with E-state index in [0.29, 0.717) is 48.4 Å². The van der Waals surface area contributed by atoms with Gasteiger partial charge in [-0.15, -0.1) is 0 Å². The first kappa shape index (κ1) is 24.3. The number of aromatic amines is 1. The summed E-state index contributed by atoms with van der Waals surface area (Å²) in [6, 6.07) is 16.1. The Morgan fingerprint density at radius 1 is 1.08 bits per heavy atom. The Labute approximate surface area is 218 Å². The predicted molar refractivity (Wildman–Crippen MR) is 140 cm³/mol. The molecule has 4 heterocycles. The van der Waals surface area contributed by atoms with Gasteiger partial charge in [-0.1, -0.05) is 30.3 Å². The summed E-state index contributed by atoms with van der Waals surface area (Å²) >= 11 is 0. The van der Waals surface area contributed by atoms with Crippen LogP contribution in [0.2, 0.25) is 0 Å². The van der Waals surface area contributed by atoms with Gasteiger partial charge >= 0.3 is 6.03 Å². The summed E-state index contributed by atoms with van der Waals surface area (Å²) < 4.78 is 15.0. The minimum absolute atomic E-state index is 0.00452. The topological polar surface area (TPSA) is 107 Å². The number of hydrogen-bond donors (Lipinski definition) is 2. The Balaban J connectivity index is 1.18. The van der Waals surface area contributed by atoms with Crippen LogP contribution >= 0.6 is 0 Å². The molecule has 2 aromatic carbocycles. The number of nitrogens with one attached hydrogen (secondary N) is 1. The van der Waals surface area contributed by atoms with Crippen LogP contribution in [0.4, 0.5) is 9.18 Å². The van der Waals surface area contributed by atoms with Crippen LogP contribution in [0.1, 0.15) is 24.8 Å². The highest BCUT2D eigenvalue weighted by Gasteiger charge is 2.40. The van der Waals surface area contributed by atoms with Crippen molar-refractivity contribution in [3.05, 3.63) is 82.5 Å². The van der Waals surface area contributed by atoms with Gasteiger partial charge in [0.1, 0.15) is 17.0 Å². The molecule has 2 fully saturated rings. The standard InChI is InChI=1S/C28H29FN6O3/c29-21-8-6-20(7-9-21)25-31-24-23(17-30-32-24)26(36)35(25)18-28(38)11-14-33(15-12-28)27(37)34-13-10-22(34)16-19-4-2-1-3-5-19/h1-9,17,22,38H,10-16,18H2,(H,30,32). The van der Waals surface area contributed by atoms with Crippen LogP contribution in [0.3, 0.4) is 0 Å². The summed E-state index contributed by atoms with van der Waals surface area (Å²) in [7, 11) is 0. The minimum atomic E-state index is -1.20. The highest BCUT2D eigenvalue weighted by molar-refractivity contribution is 5.76. The molecule has 0 saturated carbocycles. The van der Waals surface area contributed by atoms with E-state index >= 15 is 0 Å². The van der Waals surface area contributed by atoms with Gasteiger partial charge in [0, 0.05) is 31.2 Å². The SMILES string of the molecule is O=C(N1CCC(O)(Cn2c(-c3ccc(F)cc3)nc3[nH]ncc3c2=O)CC1)N1CCC1Cc1ccccc1. The van der Waals surface area contributed by atoms with Crippen LogP contribution in [-0.2, 0) is 13.0 Å². The molecule has 2 saturated heterocycles. The molecular formula is C28H29FN6O3. The average Bonchev–Trinajstić information content (AvgIpc) is 3.39. The van der Waals surface area contributed by atoms with E-state index in [1.807, 2.05) is 23.1 Å². The maximum absolute atomic E-state index is 13.6. The molecule has 0 spiro atoms. The molecule has 2 N–H and O–H groups in total. The first-order valence-electron chi connectivity index (χ1n) is 12.9. The van der Waals surface area contributed by atoms with Gasteiger partial charge in [-0.25, -0.2) is 14.2 Å². The van der Waals surface area contributed by atoms with Crippen LogP contribution in [0.15, 0.2) is 65.6 Å². The van der Waals surface area contributed by atoms with E-state index < -0.39 is 11.4 Å². The third-order valence-corrected chi connectivity index (χ3v) is 7.79. The Kier molecular flexibility index (Phi) is 6.19. The summed E-state index contributed by atoms with van der Waals surface area (Å²) in [6.07, 6.45) is 3.89. The molecule has 6 rings (SSSR count). The summed E-state index contributed by atoms with van der Waals surface area (Å²) in [5.41, 5.74) is 0.566. The van der Waals surface area contributed by atoms with Crippen LogP contribution in [0, 0.1) is 5.82 Å². The Morgan fingerprint density at radius 3 is 2.50 bits per heavy atom. The molecule has 196 valence electrons. The molecule has 10 heteroatoms. The summed E-state index contributed by atoms with van der Waals surface area (Å²) in [4.78, 5) is 34.9. The number of carbonyl (C=O) groups is 1. The number of piperidine rings is 1. The fourth-order valence-electron chi connectivity index (χ4n) is 5.43. The molecule has 2 amide bonds. The van der Waals surface area contributed by atoms with Crippen molar-refractivity contribution in [1.82, 2.24) is 29.5 Å². The van der Waals surface area contributed by atoms with E-state index in [2.05, 4.69) is 27.3 Å². The van der Waals surface area contributed by atoms with Crippen LogP contribution in [0.25, 0.3) is 22.4 Å². The lowest BCUT2D eigenvalue weighted by Gasteiger charge is -2.46. The summed E-state index contributed by atoms with van der Waals surface area (Å²) in [5, 5.41) is 18.5. The summed E-state index contributed by atoms with van der Waals surface area (Å²) in [6.45, 7) is 1.54. The molecule has 4 aromatic rings. The van der Waals surface area contributed by atoms with Crippen LogP contribution in [-0.4, -0.2) is 72.0 Å². The third-order valence-electron chi connectivity index (χ3n) is 7.79. The van der Waals surface area contributed by atoms with Crippen LogP contribution < -0.4 is 5.56 Å². The number of urea groups is 1. The minimum Gasteiger partial charge on any atom is -0.388 e. The van der Waals surface area contributed by atoms with Gasteiger partial charge in [-0.3, -0.25) is 14.5 Å². The summed E-state index contributed by atoms with van der Waals surface area (Å²) in [5.74, 6) is -0.0721. The number of benzene rings is 2. The van der Waals surface area contributed by atoms with Crippen molar-refractivity contribution in [1.29, 1.82) is 0 Å². The first-order valence-corrected chi connectivity index (χ1v) is 12.9. The van der Waals surface area contributed by atoms with Crippen molar-refractivity contribution in [3.63, 3.8) is 0 Å². The zero-order chi connectivity index (χ0) is 26.3. The monoisotopic (exact) mass is 516 g/mol. The zero-order valence-electron chi connectivity index (χ0n) is 20.9. The van der Waals surface area contributed by atoms with Crippen LogP contribution in [0.5, 0.6) is 0 Å². The highest BCUT2D eigenvalue weighted by Crippen LogP contribution is 2.29. The molecule has 1 atom stereocenters. The van der Waals surface area contributed by atoms with Crippen molar-refractivity contribution >= 4 is 17.1 Å². The van der Waals surface area contributed by atoms with Crippen molar-refractivity contribution in [2.45, 2.75) is 43.9 Å². The largest absolute Gasteiger partial charge is 0.388 e. The number of amides is 2. The van der Waals surface area contributed by atoms with E-state index in [9.17, 15) is 19.1 Å². The lowest BCUT2D eigenvalue weighted by molar-refractivity contribution is -0.0321. The van der Waals surface area contributed by atoms with Gasteiger partial charge in [0.15, 0.2) is 5.65 Å². The van der Waals surface area contributed by atoms with Crippen molar-refractivity contribution in [3.8, 4) is 11.4 Å². The Hall–Kier alpha value is -4.05. The predicted octanol–water partition coefficient (Wildman–Crippen LogP) is 3.19. The number of fused-ring (bicyclic) bond motifs is 1. The van der Waals surface area contributed by atoms with Gasteiger partial charge in [-0.2, -0.15) is 5.10 Å². The lowest BCUT2D eigenvalue weighted by atomic mass is 9.90. The number of hydrogen-bond acceptors (Lipinski definition) is 5. The molecule has 2 aromatic heterocycles. The number of aromatic nitrogens is 4. The molecule has 0 radical (unpaired) electrons. The molecule has 0 bridgehead atoms. The number of aliphatic hydroxyl groups is 1. The zero-order valence-corrected chi connectivity index (χ0v) is 20.9. The van der Waals surface area contributed by atoms with Gasteiger partial charge in [0.2, 0.25) is 0 Å². The number of likely N-dealkylation sites (tertiary alicyclic amines) is 2. The number of halogens is 1. The normalized spacial score (nSPS) is 18.9. The molecule has 1 unspecified atom stereocenters. The van der Waals surface area contributed by atoms with Gasteiger partial charge in [0.25, 0.3) is 5.56 Å². The average molecular weight is 517 g/mol. The smallest absolute Gasteiger partial charge is 0.320 e. The van der Waals surface area contributed by atoms with E-state index in [0.717, 1.165) is 19.4 Å². The highest BCUT2D eigenvalue weighted by atomic mass is 19.1. The fourth-order valence-corrected chi connectivity index (χ4v) is 5.43. The van der Waals surface area contributed by atoms with Gasteiger partial charge < -0.3 is 14.9 Å². The Bertz CT molecular complexity index is 1510.